The molecule has 0 saturated heterocycles. The van der Waals surface area contributed by atoms with Crippen LogP contribution in [0, 0.1) is 0 Å². The molecule has 0 unspecified atom stereocenters. The number of aromatic nitrogens is 2. The minimum Gasteiger partial charge on any atom is -0.490 e. The second kappa shape index (κ2) is 6.93. The predicted molar refractivity (Wildman–Crippen MR) is 65.9 cm³/mol. The Hall–Kier alpha value is -1.52. The van der Waals surface area contributed by atoms with E-state index in [0.717, 1.165) is 25.1 Å². The summed E-state index contributed by atoms with van der Waals surface area (Å²) in [7, 11) is 3.52. The molecule has 1 heterocycles. The van der Waals surface area contributed by atoms with Crippen LogP contribution in [0.3, 0.4) is 0 Å². The third-order valence-corrected chi connectivity index (χ3v) is 2.36. The Bertz CT molecular complexity index is 347. The maximum absolute atomic E-state index is 11.3. The lowest BCUT2D eigenvalue weighted by atomic mass is 10.3. The van der Waals surface area contributed by atoms with Crippen LogP contribution in [0.2, 0.25) is 0 Å². The van der Waals surface area contributed by atoms with E-state index in [1.54, 1.807) is 25.2 Å². The number of rotatable bonds is 7. The maximum Gasteiger partial charge on any atom is 0.222 e. The van der Waals surface area contributed by atoms with Crippen molar-refractivity contribution in [2.45, 2.75) is 32.7 Å². The van der Waals surface area contributed by atoms with Crippen LogP contribution in [-0.4, -0.2) is 41.3 Å². The van der Waals surface area contributed by atoms with Crippen LogP contribution in [0.15, 0.2) is 12.4 Å². The molecule has 1 amide bonds. The van der Waals surface area contributed by atoms with Crippen molar-refractivity contribution < 1.29 is 9.53 Å². The average molecular weight is 239 g/mol. The summed E-state index contributed by atoms with van der Waals surface area (Å²) in [6.45, 7) is 3.56. The number of carbonyl (C=O) groups is 1. The zero-order valence-corrected chi connectivity index (χ0v) is 10.8. The highest BCUT2D eigenvalue weighted by molar-refractivity contribution is 5.75. The molecule has 0 atom stereocenters. The van der Waals surface area contributed by atoms with Gasteiger partial charge in [-0.2, -0.15) is 5.10 Å². The summed E-state index contributed by atoms with van der Waals surface area (Å²) in [5.74, 6) is 0.908. The minimum atomic E-state index is 0.135. The van der Waals surface area contributed by atoms with E-state index < -0.39 is 0 Å². The fourth-order valence-electron chi connectivity index (χ4n) is 1.41. The molecular weight excluding hydrogens is 218 g/mol. The predicted octanol–water partition coefficient (Wildman–Crippen LogP) is 1.54. The van der Waals surface area contributed by atoms with E-state index in [1.807, 2.05) is 10.9 Å². The van der Waals surface area contributed by atoms with E-state index in [1.165, 1.54) is 0 Å². The van der Waals surface area contributed by atoms with Gasteiger partial charge in [-0.3, -0.25) is 9.48 Å². The van der Waals surface area contributed by atoms with Gasteiger partial charge in [-0.1, -0.05) is 6.92 Å². The molecule has 1 aromatic rings. The van der Waals surface area contributed by atoms with Crippen LogP contribution in [0.25, 0.3) is 0 Å². The van der Waals surface area contributed by atoms with Crippen molar-refractivity contribution in [3.8, 4) is 5.75 Å². The average Bonchev–Trinajstić information content (AvgIpc) is 2.72. The summed E-state index contributed by atoms with van der Waals surface area (Å²) < 4.78 is 7.37. The first-order valence-electron chi connectivity index (χ1n) is 5.99. The molecule has 0 aliphatic rings. The van der Waals surface area contributed by atoms with Crippen LogP contribution in [0.1, 0.15) is 26.2 Å². The first kappa shape index (κ1) is 13.5. The van der Waals surface area contributed by atoms with Gasteiger partial charge in [-0.05, 0) is 12.8 Å². The third kappa shape index (κ3) is 4.89. The van der Waals surface area contributed by atoms with Crippen LogP contribution < -0.4 is 4.74 Å². The van der Waals surface area contributed by atoms with Gasteiger partial charge in [0, 0.05) is 27.1 Å². The molecule has 0 N–H and O–H groups in total. The summed E-state index contributed by atoms with van der Waals surface area (Å²) in [6, 6.07) is 0. The lowest BCUT2D eigenvalue weighted by Crippen LogP contribution is -2.21. The monoisotopic (exact) mass is 239 g/mol. The number of hydrogen-bond donors (Lipinski definition) is 0. The third-order valence-electron chi connectivity index (χ3n) is 2.36. The van der Waals surface area contributed by atoms with Gasteiger partial charge < -0.3 is 9.64 Å². The standard InChI is InChI=1S/C12H21N3O2/c1-4-7-15-10-11(9-13-15)17-8-5-6-12(16)14(2)3/h9-10H,4-8H2,1-3H3. The fraction of sp³-hybridized carbons (Fsp3) is 0.667. The van der Waals surface area contributed by atoms with Crippen molar-refractivity contribution in [1.82, 2.24) is 14.7 Å². The van der Waals surface area contributed by atoms with E-state index in [0.29, 0.717) is 13.0 Å². The second-order valence-electron chi connectivity index (χ2n) is 4.18. The van der Waals surface area contributed by atoms with Gasteiger partial charge in [0.2, 0.25) is 5.91 Å². The highest BCUT2D eigenvalue weighted by Gasteiger charge is 2.04. The maximum atomic E-state index is 11.3. The molecule has 1 aromatic heterocycles. The lowest BCUT2D eigenvalue weighted by molar-refractivity contribution is -0.128. The molecule has 0 bridgehead atoms. The van der Waals surface area contributed by atoms with Gasteiger partial charge >= 0.3 is 0 Å². The molecule has 96 valence electrons. The highest BCUT2D eigenvalue weighted by atomic mass is 16.5. The normalized spacial score (nSPS) is 10.3. The van der Waals surface area contributed by atoms with E-state index in [-0.39, 0.29) is 5.91 Å². The molecule has 17 heavy (non-hydrogen) atoms. The molecule has 0 saturated carbocycles. The first-order chi connectivity index (χ1) is 8.13. The van der Waals surface area contributed by atoms with Crippen LogP contribution in [0.4, 0.5) is 0 Å². The van der Waals surface area contributed by atoms with Crippen LogP contribution in [0.5, 0.6) is 5.75 Å². The zero-order chi connectivity index (χ0) is 12.7. The second-order valence-corrected chi connectivity index (χ2v) is 4.18. The Morgan fingerprint density at radius 1 is 1.53 bits per heavy atom. The number of carbonyl (C=O) groups excluding carboxylic acids is 1. The van der Waals surface area contributed by atoms with Gasteiger partial charge in [0.15, 0.2) is 5.75 Å². The van der Waals surface area contributed by atoms with Gasteiger partial charge in [0.25, 0.3) is 0 Å². The number of amides is 1. The Balaban J connectivity index is 2.19. The Labute approximate surface area is 102 Å². The van der Waals surface area contributed by atoms with E-state index in [9.17, 15) is 4.79 Å². The molecule has 0 aliphatic carbocycles. The minimum absolute atomic E-state index is 0.135. The molecule has 0 aromatic carbocycles. The quantitative estimate of drug-likeness (QED) is 0.678. The van der Waals surface area contributed by atoms with Crippen molar-refractivity contribution in [3.05, 3.63) is 12.4 Å². The van der Waals surface area contributed by atoms with E-state index in [4.69, 9.17) is 4.74 Å². The summed E-state index contributed by atoms with van der Waals surface area (Å²) in [4.78, 5) is 12.9. The van der Waals surface area contributed by atoms with Gasteiger partial charge in [-0.15, -0.1) is 0 Å². The zero-order valence-electron chi connectivity index (χ0n) is 10.8. The Morgan fingerprint density at radius 3 is 2.94 bits per heavy atom. The molecule has 5 nitrogen and oxygen atoms in total. The summed E-state index contributed by atoms with van der Waals surface area (Å²) in [5.41, 5.74) is 0. The molecule has 0 aliphatic heterocycles. The Kier molecular flexibility index (Phi) is 5.52. The van der Waals surface area contributed by atoms with E-state index >= 15 is 0 Å². The topological polar surface area (TPSA) is 47.4 Å². The van der Waals surface area contributed by atoms with E-state index in [2.05, 4.69) is 12.0 Å². The molecule has 0 fully saturated rings. The summed E-state index contributed by atoms with van der Waals surface area (Å²) >= 11 is 0. The molecule has 1 rings (SSSR count). The summed E-state index contributed by atoms with van der Waals surface area (Å²) in [5, 5.41) is 4.16. The van der Waals surface area contributed by atoms with Crippen molar-refractivity contribution >= 4 is 5.91 Å². The SMILES string of the molecule is CCCn1cc(OCCCC(=O)N(C)C)cn1. The van der Waals surface area contributed by atoms with Gasteiger partial charge in [0.05, 0.1) is 19.0 Å². The largest absolute Gasteiger partial charge is 0.490 e. The number of hydrogen-bond acceptors (Lipinski definition) is 3. The number of nitrogens with zero attached hydrogens (tertiary/aromatic N) is 3. The summed E-state index contributed by atoms with van der Waals surface area (Å²) in [6.07, 6.45) is 5.91. The molecule has 0 spiro atoms. The van der Waals surface area contributed by atoms with Gasteiger partial charge in [0.1, 0.15) is 0 Å². The van der Waals surface area contributed by atoms with Crippen molar-refractivity contribution in [3.63, 3.8) is 0 Å². The smallest absolute Gasteiger partial charge is 0.222 e. The molecular formula is C12H21N3O2. The number of ether oxygens (including phenoxy) is 1. The van der Waals surface area contributed by atoms with Crippen LogP contribution in [-0.2, 0) is 11.3 Å². The highest BCUT2D eigenvalue weighted by Crippen LogP contribution is 2.09. The van der Waals surface area contributed by atoms with Crippen molar-refractivity contribution in [2.24, 2.45) is 0 Å². The fourth-order valence-corrected chi connectivity index (χ4v) is 1.41. The van der Waals surface area contributed by atoms with Crippen LogP contribution >= 0.6 is 0 Å². The van der Waals surface area contributed by atoms with Crippen molar-refractivity contribution in [1.29, 1.82) is 0 Å². The Morgan fingerprint density at radius 2 is 2.29 bits per heavy atom. The lowest BCUT2D eigenvalue weighted by Gasteiger charge is -2.09. The first-order valence-corrected chi connectivity index (χ1v) is 5.99. The number of aryl methyl sites for hydroxylation is 1. The van der Waals surface area contributed by atoms with Gasteiger partial charge in [-0.25, -0.2) is 0 Å². The molecule has 5 heteroatoms. The van der Waals surface area contributed by atoms with Crippen molar-refractivity contribution in [2.75, 3.05) is 20.7 Å². The molecule has 0 radical (unpaired) electrons.